The molecule has 1 aromatic rings. The lowest BCUT2D eigenvalue weighted by atomic mass is 10.2. The first-order chi connectivity index (χ1) is 9.45. The van der Waals surface area contributed by atoms with Gasteiger partial charge in [0.05, 0.1) is 6.54 Å². The maximum Gasteiger partial charge on any atom is 0.242 e. The monoisotopic (exact) mass is 281 g/mol. The van der Waals surface area contributed by atoms with E-state index in [1.807, 2.05) is 18.7 Å². The molecule has 1 amide bonds. The predicted molar refractivity (Wildman–Crippen MR) is 80.2 cm³/mol. The normalized spacial score (nSPS) is 10.7. The van der Waals surface area contributed by atoms with E-state index in [9.17, 15) is 9.18 Å². The lowest BCUT2D eigenvalue weighted by Gasteiger charge is -2.28. The maximum absolute atomic E-state index is 13.0. The molecular formula is C15H24FN3O. The molecular weight excluding hydrogens is 257 g/mol. The summed E-state index contributed by atoms with van der Waals surface area (Å²) in [6.45, 7) is 5.46. The van der Waals surface area contributed by atoms with Gasteiger partial charge in [0.1, 0.15) is 5.82 Å². The molecule has 20 heavy (non-hydrogen) atoms. The number of benzene rings is 1. The van der Waals surface area contributed by atoms with Crippen LogP contribution >= 0.6 is 0 Å². The Balaban J connectivity index is 2.79. The number of nitrogens with zero attached hydrogens (tertiary/aromatic N) is 2. The summed E-state index contributed by atoms with van der Waals surface area (Å²) in [5.41, 5.74) is 6.37. The van der Waals surface area contributed by atoms with Crippen molar-refractivity contribution in [3.05, 3.63) is 30.1 Å². The fourth-order valence-electron chi connectivity index (χ4n) is 1.80. The zero-order valence-corrected chi connectivity index (χ0v) is 12.5. The quantitative estimate of drug-likeness (QED) is 0.830. The molecule has 0 bridgehead atoms. The van der Waals surface area contributed by atoms with E-state index in [-0.39, 0.29) is 24.3 Å². The van der Waals surface area contributed by atoms with E-state index in [0.717, 1.165) is 12.1 Å². The van der Waals surface area contributed by atoms with Crippen LogP contribution in [0.2, 0.25) is 0 Å². The summed E-state index contributed by atoms with van der Waals surface area (Å²) in [5, 5.41) is 0. The molecule has 112 valence electrons. The van der Waals surface area contributed by atoms with Crippen LogP contribution in [0, 0.1) is 5.82 Å². The van der Waals surface area contributed by atoms with Crippen molar-refractivity contribution in [1.82, 2.24) is 4.90 Å². The van der Waals surface area contributed by atoms with Gasteiger partial charge >= 0.3 is 0 Å². The summed E-state index contributed by atoms with van der Waals surface area (Å²) >= 11 is 0. The number of likely N-dealkylation sites (N-methyl/N-ethyl adjacent to an activating group) is 1. The predicted octanol–water partition coefficient (Wildman–Crippen LogP) is 1.85. The highest BCUT2D eigenvalue weighted by Gasteiger charge is 2.16. The summed E-state index contributed by atoms with van der Waals surface area (Å²) in [6, 6.07) is 6.35. The van der Waals surface area contributed by atoms with E-state index in [1.54, 1.807) is 24.1 Å². The van der Waals surface area contributed by atoms with Crippen LogP contribution in [-0.2, 0) is 4.79 Å². The Morgan fingerprint density at radius 1 is 1.30 bits per heavy atom. The van der Waals surface area contributed by atoms with Crippen molar-refractivity contribution < 1.29 is 9.18 Å². The third-order valence-electron chi connectivity index (χ3n) is 3.32. The second kappa shape index (κ2) is 7.85. The SMILES string of the molecule is CC(C)N(C)C(=O)CN(CCCN)c1ccc(F)cc1. The van der Waals surface area contributed by atoms with Gasteiger partial charge in [-0.15, -0.1) is 0 Å². The van der Waals surface area contributed by atoms with Crippen molar-refractivity contribution in [2.45, 2.75) is 26.3 Å². The Morgan fingerprint density at radius 3 is 2.40 bits per heavy atom. The standard InChI is InChI=1S/C15H24FN3O/c1-12(2)18(3)15(20)11-19(10-4-9-17)14-7-5-13(16)6-8-14/h5-8,12H,4,9-11,17H2,1-3H3. The smallest absolute Gasteiger partial charge is 0.242 e. The van der Waals surface area contributed by atoms with Gasteiger partial charge in [0.15, 0.2) is 0 Å². The average molecular weight is 281 g/mol. The topological polar surface area (TPSA) is 49.6 Å². The first-order valence-electron chi connectivity index (χ1n) is 6.92. The molecule has 0 saturated heterocycles. The molecule has 0 aliphatic heterocycles. The molecule has 1 aromatic carbocycles. The maximum atomic E-state index is 13.0. The van der Waals surface area contributed by atoms with Crippen molar-refractivity contribution in [3.8, 4) is 0 Å². The van der Waals surface area contributed by atoms with E-state index in [1.165, 1.54) is 12.1 Å². The molecule has 0 unspecified atom stereocenters. The van der Waals surface area contributed by atoms with Gasteiger partial charge in [-0.25, -0.2) is 4.39 Å². The minimum absolute atomic E-state index is 0.0429. The van der Waals surface area contributed by atoms with Crippen LogP contribution in [-0.4, -0.2) is 43.5 Å². The number of anilines is 1. The number of rotatable bonds is 7. The van der Waals surface area contributed by atoms with E-state index < -0.39 is 0 Å². The van der Waals surface area contributed by atoms with Crippen molar-refractivity contribution in [2.75, 3.05) is 31.6 Å². The van der Waals surface area contributed by atoms with Crippen LogP contribution in [0.25, 0.3) is 0 Å². The molecule has 0 aliphatic carbocycles. The molecule has 0 spiro atoms. The second-order valence-corrected chi connectivity index (χ2v) is 5.14. The number of carbonyl (C=O) groups excluding carboxylic acids is 1. The van der Waals surface area contributed by atoms with Gasteiger partial charge < -0.3 is 15.5 Å². The van der Waals surface area contributed by atoms with Crippen molar-refractivity contribution in [2.24, 2.45) is 5.73 Å². The van der Waals surface area contributed by atoms with Gasteiger partial charge in [-0.05, 0) is 51.1 Å². The summed E-state index contributed by atoms with van der Waals surface area (Å²) in [6.07, 6.45) is 0.788. The zero-order chi connectivity index (χ0) is 15.1. The van der Waals surface area contributed by atoms with Gasteiger partial charge in [0.2, 0.25) is 5.91 Å². The number of hydrogen-bond acceptors (Lipinski definition) is 3. The molecule has 1 rings (SSSR count). The lowest BCUT2D eigenvalue weighted by molar-refractivity contribution is -0.129. The summed E-state index contributed by atoms with van der Waals surface area (Å²) in [5.74, 6) is -0.237. The molecule has 0 radical (unpaired) electrons. The first kappa shape index (κ1) is 16.4. The Bertz CT molecular complexity index is 420. The average Bonchev–Trinajstić information content (AvgIpc) is 2.43. The molecule has 0 aliphatic rings. The van der Waals surface area contributed by atoms with Gasteiger partial charge in [0, 0.05) is 25.3 Å². The van der Waals surface area contributed by atoms with Crippen LogP contribution in [0.4, 0.5) is 10.1 Å². The first-order valence-corrected chi connectivity index (χ1v) is 6.92. The number of halogens is 1. The zero-order valence-electron chi connectivity index (χ0n) is 12.5. The van der Waals surface area contributed by atoms with Gasteiger partial charge in [-0.1, -0.05) is 0 Å². The van der Waals surface area contributed by atoms with Crippen molar-refractivity contribution in [1.29, 1.82) is 0 Å². The highest BCUT2D eigenvalue weighted by atomic mass is 19.1. The van der Waals surface area contributed by atoms with Crippen LogP contribution in [0.3, 0.4) is 0 Å². The minimum Gasteiger partial charge on any atom is -0.362 e. The number of hydrogen-bond donors (Lipinski definition) is 1. The molecule has 0 fully saturated rings. The lowest BCUT2D eigenvalue weighted by Crippen LogP contribution is -2.42. The van der Waals surface area contributed by atoms with Gasteiger partial charge in [-0.3, -0.25) is 4.79 Å². The Labute approximate surface area is 120 Å². The molecule has 5 heteroatoms. The van der Waals surface area contributed by atoms with Crippen molar-refractivity contribution >= 4 is 11.6 Å². The van der Waals surface area contributed by atoms with E-state index in [4.69, 9.17) is 5.73 Å². The largest absolute Gasteiger partial charge is 0.362 e. The molecule has 2 N–H and O–H groups in total. The fourth-order valence-corrected chi connectivity index (χ4v) is 1.80. The van der Waals surface area contributed by atoms with Gasteiger partial charge in [-0.2, -0.15) is 0 Å². The Kier molecular flexibility index (Phi) is 6.45. The molecule has 0 atom stereocenters. The summed E-state index contributed by atoms with van der Waals surface area (Å²) in [4.78, 5) is 15.8. The third kappa shape index (κ3) is 4.81. The highest BCUT2D eigenvalue weighted by molar-refractivity contribution is 5.81. The number of amides is 1. The molecule has 0 heterocycles. The molecule has 0 aromatic heterocycles. The molecule has 4 nitrogen and oxygen atoms in total. The summed E-state index contributed by atoms with van der Waals surface area (Å²) in [7, 11) is 1.79. The van der Waals surface area contributed by atoms with Crippen molar-refractivity contribution in [3.63, 3.8) is 0 Å². The number of carbonyl (C=O) groups is 1. The van der Waals surface area contributed by atoms with E-state index >= 15 is 0 Å². The van der Waals surface area contributed by atoms with Crippen LogP contribution < -0.4 is 10.6 Å². The van der Waals surface area contributed by atoms with Crippen LogP contribution in [0.1, 0.15) is 20.3 Å². The highest BCUT2D eigenvalue weighted by Crippen LogP contribution is 2.15. The minimum atomic E-state index is -0.279. The Hall–Kier alpha value is -1.62. The van der Waals surface area contributed by atoms with Crippen LogP contribution in [0.5, 0.6) is 0 Å². The van der Waals surface area contributed by atoms with E-state index in [2.05, 4.69) is 0 Å². The second-order valence-electron chi connectivity index (χ2n) is 5.14. The Morgan fingerprint density at radius 2 is 1.90 bits per heavy atom. The molecule has 0 saturated carbocycles. The fraction of sp³-hybridized carbons (Fsp3) is 0.533. The number of nitrogens with two attached hydrogens (primary N) is 1. The van der Waals surface area contributed by atoms with E-state index in [0.29, 0.717) is 13.1 Å². The van der Waals surface area contributed by atoms with Gasteiger partial charge in [0.25, 0.3) is 0 Å². The third-order valence-corrected chi connectivity index (χ3v) is 3.32. The summed E-state index contributed by atoms with van der Waals surface area (Å²) < 4.78 is 13.0. The van der Waals surface area contributed by atoms with Crippen LogP contribution in [0.15, 0.2) is 24.3 Å².